The first kappa shape index (κ1) is 19.6. The number of benzene rings is 1. The summed E-state index contributed by atoms with van der Waals surface area (Å²) in [4.78, 5) is 7.15. The molecule has 1 aromatic rings. The van der Waals surface area contributed by atoms with Crippen LogP contribution in [0.4, 0.5) is 13.2 Å². The number of halogens is 3. The molecule has 1 spiro atoms. The van der Waals surface area contributed by atoms with Crippen molar-refractivity contribution in [1.82, 2.24) is 10.2 Å². The summed E-state index contributed by atoms with van der Waals surface area (Å²) in [5.41, 5.74) is 0.170. The lowest BCUT2D eigenvalue weighted by Gasteiger charge is -2.25. The van der Waals surface area contributed by atoms with E-state index in [1.165, 1.54) is 12.1 Å². The molecule has 4 rings (SSSR count). The Morgan fingerprint density at radius 1 is 1.25 bits per heavy atom. The van der Waals surface area contributed by atoms with E-state index in [0.717, 1.165) is 76.1 Å². The highest BCUT2D eigenvalue weighted by Crippen LogP contribution is 2.49. The normalized spacial score (nSPS) is 26.9. The number of alkyl halides is 3. The number of ether oxygens (including phenoxy) is 1. The van der Waals surface area contributed by atoms with Crippen LogP contribution in [0, 0.1) is 5.41 Å². The quantitative estimate of drug-likeness (QED) is 0.622. The fourth-order valence-electron chi connectivity index (χ4n) is 4.45. The molecule has 1 aliphatic carbocycles. The van der Waals surface area contributed by atoms with Crippen molar-refractivity contribution in [1.29, 1.82) is 0 Å². The Labute approximate surface area is 164 Å². The SMILES string of the molecule is CCNC(=NCC1(c2cccc(C(F)(F)F)c2)CC1)N1CCC2(CCOC2)C1. The minimum absolute atomic E-state index is 0.245. The summed E-state index contributed by atoms with van der Waals surface area (Å²) in [5, 5.41) is 3.37. The molecule has 0 bridgehead atoms. The molecule has 3 aliphatic rings. The van der Waals surface area contributed by atoms with Gasteiger partial charge in [-0.1, -0.05) is 18.2 Å². The smallest absolute Gasteiger partial charge is 0.381 e. The van der Waals surface area contributed by atoms with E-state index in [1.54, 1.807) is 0 Å². The Bertz CT molecular complexity index is 737. The van der Waals surface area contributed by atoms with Gasteiger partial charge in [-0.2, -0.15) is 13.2 Å². The standard InChI is InChI=1S/C21H28F3N3O/c1-2-25-18(27-10-8-19(14-27)9-11-28-15-19)26-13-20(6-7-20)16-4-3-5-17(12-16)21(22,23)24/h3-5,12H,2,6-11,13-15H2,1H3,(H,25,26). The summed E-state index contributed by atoms with van der Waals surface area (Å²) in [6, 6.07) is 5.76. The highest BCUT2D eigenvalue weighted by Gasteiger charge is 2.46. The molecule has 154 valence electrons. The van der Waals surface area contributed by atoms with Gasteiger partial charge in [-0.3, -0.25) is 4.99 Å². The number of hydrogen-bond acceptors (Lipinski definition) is 2. The first-order valence-corrected chi connectivity index (χ1v) is 10.1. The van der Waals surface area contributed by atoms with Crippen molar-refractivity contribution < 1.29 is 17.9 Å². The molecule has 4 nitrogen and oxygen atoms in total. The fourth-order valence-corrected chi connectivity index (χ4v) is 4.45. The predicted octanol–water partition coefficient (Wildman–Crippen LogP) is 3.81. The summed E-state index contributed by atoms with van der Waals surface area (Å²) in [6.07, 6.45) is -0.339. The van der Waals surface area contributed by atoms with Crippen molar-refractivity contribution in [3.8, 4) is 0 Å². The van der Waals surface area contributed by atoms with E-state index in [1.807, 2.05) is 13.0 Å². The van der Waals surface area contributed by atoms with Gasteiger partial charge in [0.25, 0.3) is 0 Å². The zero-order chi connectivity index (χ0) is 19.8. The third-order valence-corrected chi connectivity index (χ3v) is 6.45. The van der Waals surface area contributed by atoms with Crippen LogP contribution < -0.4 is 5.32 Å². The number of nitrogens with one attached hydrogen (secondary N) is 1. The zero-order valence-electron chi connectivity index (χ0n) is 16.3. The molecule has 28 heavy (non-hydrogen) atoms. The van der Waals surface area contributed by atoms with Crippen LogP contribution >= 0.6 is 0 Å². The second kappa shape index (κ2) is 7.25. The topological polar surface area (TPSA) is 36.9 Å². The van der Waals surface area contributed by atoms with Crippen LogP contribution in [0.1, 0.15) is 43.7 Å². The van der Waals surface area contributed by atoms with Crippen molar-refractivity contribution in [2.75, 3.05) is 39.4 Å². The maximum absolute atomic E-state index is 13.1. The van der Waals surface area contributed by atoms with E-state index in [4.69, 9.17) is 9.73 Å². The average molecular weight is 395 g/mol. The van der Waals surface area contributed by atoms with Crippen LogP contribution in [0.5, 0.6) is 0 Å². The van der Waals surface area contributed by atoms with Gasteiger partial charge in [0.05, 0.1) is 18.7 Å². The molecule has 1 N–H and O–H groups in total. The van der Waals surface area contributed by atoms with E-state index in [-0.39, 0.29) is 10.8 Å². The van der Waals surface area contributed by atoms with Crippen LogP contribution in [-0.4, -0.2) is 50.3 Å². The summed E-state index contributed by atoms with van der Waals surface area (Å²) in [6.45, 7) is 6.88. The van der Waals surface area contributed by atoms with Gasteiger partial charge in [0.2, 0.25) is 0 Å². The van der Waals surface area contributed by atoms with Crippen LogP contribution in [0.25, 0.3) is 0 Å². The highest BCUT2D eigenvalue weighted by molar-refractivity contribution is 5.80. The fraction of sp³-hybridized carbons (Fsp3) is 0.667. The average Bonchev–Trinajstić information content (AvgIpc) is 3.14. The molecule has 1 aromatic carbocycles. The van der Waals surface area contributed by atoms with Crippen molar-refractivity contribution in [3.05, 3.63) is 35.4 Å². The number of nitrogens with zero attached hydrogens (tertiary/aromatic N) is 2. The number of rotatable bonds is 4. The number of hydrogen-bond donors (Lipinski definition) is 1. The lowest BCUT2D eigenvalue weighted by atomic mass is 9.87. The molecule has 1 atom stereocenters. The van der Waals surface area contributed by atoms with Gasteiger partial charge in [0, 0.05) is 37.1 Å². The Hall–Kier alpha value is -1.76. The van der Waals surface area contributed by atoms with E-state index in [9.17, 15) is 13.2 Å². The van der Waals surface area contributed by atoms with Crippen molar-refractivity contribution in [2.45, 2.75) is 44.2 Å². The maximum atomic E-state index is 13.1. The van der Waals surface area contributed by atoms with Gasteiger partial charge in [0.1, 0.15) is 0 Å². The van der Waals surface area contributed by atoms with Gasteiger partial charge in [-0.15, -0.1) is 0 Å². The molecule has 1 unspecified atom stereocenters. The first-order valence-electron chi connectivity index (χ1n) is 10.1. The van der Waals surface area contributed by atoms with E-state index < -0.39 is 11.7 Å². The van der Waals surface area contributed by atoms with Crippen LogP contribution in [0.3, 0.4) is 0 Å². The van der Waals surface area contributed by atoms with Crippen molar-refractivity contribution >= 4 is 5.96 Å². The summed E-state index contributed by atoms with van der Waals surface area (Å²) < 4.78 is 44.9. The molecule has 2 heterocycles. The molecule has 7 heteroatoms. The molecule has 3 fully saturated rings. The maximum Gasteiger partial charge on any atom is 0.416 e. The molecular weight excluding hydrogens is 367 g/mol. The molecule has 2 aliphatic heterocycles. The third-order valence-electron chi connectivity index (χ3n) is 6.45. The van der Waals surface area contributed by atoms with Gasteiger partial charge in [-0.25, -0.2) is 0 Å². The Balaban J connectivity index is 1.49. The first-order chi connectivity index (χ1) is 13.4. The number of aliphatic imine (C=N–C) groups is 1. The lowest BCUT2D eigenvalue weighted by molar-refractivity contribution is -0.137. The minimum Gasteiger partial charge on any atom is -0.381 e. The largest absolute Gasteiger partial charge is 0.416 e. The van der Waals surface area contributed by atoms with Crippen molar-refractivity contribution in [3.63, 3.8) is 0 Å². The van der Waals surface area contributed by atoms with Crippen molar-refractivity contribution in [2.24, 2.45) is 10.4 Å². The minimum atomic E-state index is -4.31. The predicted molar refractivity (Wildman–Crippen MR) is 102 cm³/mol. The molecule has 0 radical (unpaired) electrons. The number of guanidine groups is 1. The van der Waals surface area contributed by atoms with Gasteiger partial charge >= 0.3 is 6.18 Å². The molecule has 0 amide bonds. The summed E-state index contributed by atoms with van der Waals surface area (Å²) in [7, 11) is 0. The molecule has 2 saturated heterocycles. The Kier molecular flexibility index (Phi) is 5.06. The Morgan fingerprint density at radius 3 is 2.71 bits per heavy atom. The van der Waals surface area contributed by atoms with Crippen LogP contribution in [-0.2, 0) is 16.3 Å². The number of likely N-dealkylation sites (tertiary alicyclic amines) is 1. The van der Waals surface area contributed by atoms with Crippen LogP contribution in [0.2, 0.25) is 0 Å². The van der Waals surface area contributed by atoms with E-state index in [2.05, 4.69) is 10.2 Å². The second-order valence-electron chi connectivity index (χ2n) is 8.50. The lowest BCUT2D eigenvalue weighted by Crippen LogP contribution is -2.42. The van der Waals surface area contributed by atoms with Gasteiger partial charge in [-0.05, 0) is 44.2 Å². The van der Waals surface area contributed by atoms with Gasteiger partial charge in [0.15, 0.2) is 5.96 Å². The van der Waals surface area contributed by atoms with E-state index >= 15 is 0 Å². The third kappa shape index (κ3) is 3.86. The summed E-state index contributed by atoms with van der Waals surface area (Å²) >= 11 is 0. The van der Waals surface area contributed by atoms with Crippen LogP contribution in [0.15, 0.2) is 29.3 Å². The zero-order valence-corrected chi connectivity index (χ0v) is 16.3. The Morgan fingerprint density at radius 2 is 2.07 bits per heavy atom. The van der Waals surface area contributed by atoms with E-state index in [0.29, 0.717) is 6.54 Å². The van der Waals surface area contributed by atoms with Gasteiger partial charge < -0.3 is 15.0 Å². The monoisotopic (exact) mass is 395 g/mol. The molecule has 0 aromatic heterocycles. The summed E-state index contributed by atoms with van der Waals surface area (Å²) in [5.74, 6) is 0.879. The molecular formula is C21H28F3N3O. The second-order valence-corrected chi connectivity index (χ2v) is 8.50. The molecule has 1 saturated carbocycles. The highest BCUT2D eigenvalue weighted by atomic mass is 19.4.